The molecule has 1 N–H and O–H groups in total. The summed E-state index contributed by atoms with van der Waals surface area (Å²) in [7, 11) is 1.66. The first-order chi connectivity index (χ1) is 13.7. The molecule has 0 spiro atoms. The second-order valence-electron chi connectivity index (χ2n) is 7.32. The predicted molar refractivity (Wildman–Crippen MR) is 116 cm³/mol. The minimum atomic E-state index is -0.0530. The number of nitrogens with one attached hydrogen (secondary N) is 1. The summed E-state index contributed by atoms with van der Waals surface area (Å²) >= 11 is 0. The normalized spacial score (nSPS) is 14.4. The number of amides is 1. The molecule has 1 aliphatic heterocycles. The minimum absolute atomic E-state index is 0. The van der Waals surface area contributed by atoms with E-state index >= 15 is 0 Å². The molecule has 0 unspecified atom stereocenters. The molecule has 3 rings (SSSR count). The SMILES string of the molecule is COCCN(CCCc1ccccc1)C(=O)c1nnn(C2CCNCC2)c1C.Cl. The second kappa shape index (κ2) is 11.9. The highest BCUT2D eigenvalue weighted by atomic mass is 35.5. The summed E-state index contributed by atoms with van der Waals surface area (Å²) in [6.45, 7) is 5.66. The van der Waals surface area contributed by atoms with Gasteiger partial charge in [0.15, 0.2) is 5.69 Å². The molecule has 160 valence electrons. The Labute approximate surface area is 179 Å². The molecule has 1 fully saturated rings. The highest BCUT2D eigenvalue weighted by Crippen LogP contribution is 2.21. The van der Waals surface area contributed by atoms with Crippen LogP contribution in [0.2, 0.25) is 0 Å². The van der Waals surface area contributed by atoms with Crippen LogP contribution in [0.5, 0.6) is 0 Å². The molecule has 8 heteroatoms. The van der Waals surface area contributed by atoms with Gasteiger partial charge < -0.3 is 15.0 Å². The van der Waals surface area contributed by atoms with E-state index in [-0.39, 0.29) is 18.3 Å². The third-order valence-corrected chi connectivity index (χ3v) is 5.37. The number of methoxy groups -OCH3 is 1. The average Bonchev–Trinajstić information content (AvgIpc) is 3.12. The molecule has 0 saturated carbocycles. The van der Waals surface area contributed by atoms with E-state index in [9.17, 15) is 4.79 Å². The van der Waals surface area contributed by atoms with Gasteiger partial charge in [0.2, 0.25) is 0 Å². The van der Waals surface area contributed by atoms with Gasteiger partial charge in [-0.05, 0) is 51.3 Å². The number of aryl methyl sites for hydroxylation is 1. The van der Waals surface area contributed by atoms with E-state index in [4.69, 9.17) is 4.74 Å². The van der Waals surface area contributed by atoms with E-state index in [2.05, 4.69) is 27.8 Å². The summed E-state index contributed by atoms with van der Waals surface area (Å²) in [5.74, 6) is -0.0530. The monoisotopic (exact) mass is 421 g/mol. The van der Waals surface area contributed by atoms with Crippen molar-refractivity contribution in [3.8, 4) is 0 Å². The van der Waals surface area contributed by atoms with Gasteiger partial charge in [0.05, 0.1) is 18.3 Å². The number of hydrogen-bond acceptors (Lipinski definition) is 5. The van der Waals surface area contributed by atoms with Gasteiger partial charge in [0.1, 0.15) is 0 Å². The quantitative estimate of drug-likeness (QED) is 0.673. The Morgan fingerprint density at radius 1 is 1.24 bits per heavy atom. The molecule has 7 nitrogen and oxygen atoms in total. The van der Waals surface area contributed by atoms with Crippen molar-refractivity contribution in [3.63, 3.8) is 0 Å². The Morgan fingerprint density at radius 3 is 2.66 bits per heavy atom. The maximum absolute atomic E-state index is 13.2. The fourth-order valence-electron chi connectivity index (χ4n) is 3.72. The Hall–Kier alpha value is -1.96. The van der Waals surface area contributed by atoms with Gasteiger partial charge in [0.25, 0.3) is 5.91 Å². The number of ether oxygens (including phenoxy) is 1. The molecule has 1 aromatic heterocycles. The molecule has 1 aromatic carbocycles. The molecule has 1 amide bonds. The molecule has 1 aliphatic rings. The fourth-order valence-corrected chi connectivity index (χ4v) is 3.72. The van der Waals surface area contributed by atoms with Crippen molar-refractivity contribution in [3.05, 3.63) is 47.3 Å². The highest BCUT2D eigenvalue weighted by molar-refractivity contribution is 5.93. The van der Waals surface area contributed by atoms with E-state index in [1.54, 1.807) is 7.11 Å². The zero-order valence-corrected chi connectivity index (χ0v) is 18.2. The van der Waals surface area contributed by atoms with Gasteiger partial charge in [0, 0.05) is 20.2 Å². The molecule has 0 aliphatic carbocycles. The lowest BCUT2D eigenvalue weighted by atomic mass is 10.1. The van der Waals surface area contributed by atoms with Crippen molar-refractivity contribution in [2.45, 2.75) is 38.6 Å². The smallest absolute Gasteiger partial charge is 0.276 e. The number of carbonyl (C=O) groups is 1. The lowest BCUT2D eigenvalue weighted by Gasteiger charge is -2.24. The highest BCUT2D eigenvalue weighted by Gasteiger charge is 2.25. The number of nitrogens with zero attached hydrogens (tertiary/aromatic N) is 4. The second-order valence-corrected chi connectivity index (χ2v) is 7.32. The number of rotatable bonds is 9. The Kier molecular flexibility index (Phi) is 9.57. The molecule has 29 heavy (non-hydrogen) atoms. The van der Waals surface area contributed by atoms with Crippen LogP contribution in [0, 0.1) is 6.92 Å². The van der Waals surface area contributed by atoms with Crippen molar-refractivity contribution in [1.82, 2.24) is 25.2 Å². The van der Waals surface area contributed by atoms with Crippen LogP contribution in [0.25, 0.3) is 0 Å². The number of aromatic nitrogens is 3. The first-order valence-electron chi connectivity index (χ1n) is 10.2. The molecule has 0 atom stereocenters. The molecule has 0 radical (unpaired) electrons. The van der Waals surface area contributed by atoms with Crippen LogP contribution in [0.15, 0.2) is 30.3 Å². The van der Waals surface area contributed by atoms with Crippen molar-refractivity contribution < 1.29 is 9.53 Å². The molecule has 0 bridgehead atoms. The summed E-state index contributed by atoms with van der Waals surface area (Å²) in [6, 6.07) is 10.7. The van der Waals surface area contributed by atoms with Crippen molar-refractivity contribution in [1.29, 1.82) is 0 Å². The number of halogens is 1. The van der Waals surface area contributed by atoms with Crippen LogP contribution < -0.4 is 5.32 Å². The summed E-state index contributed by atoms with van der Waals surface area (Å²) in [5, 5.41) is 11.9. The van der Waals surface area contributed by atoms with Crippen LogP contribution in [-0.2, 0) is 11.2 Å². The minimum Gasteiger partial charge on any atom is -0.383 e. The molecular formula is C21H32ClN5O2. The largest absolute Gasteiger partial charge is 0.383 e. The van der Waals surface area contributed by atoms with Gasteiger partial charge >= 0.3 is 0 Å². The molecule has 1 saturated heterocycles. The number of benzene rings is 1. The van der Waals surface area contributed by atoms with Gasteiger partial charge in [-0.2, -0.15) is 0 Å². The molecule has 2 heterocycles. The standard InChI is InChI=1S/C21H31N5O2.ClH/c1-17-20(23-24-26(17)19-10-12-22-13-11-19)21(27)25(15-16-28-2)14-6-9-18-7-4-3-5-8-18;/h3-5,7-8,19,22H,6,9-16H2,1-2H3;1H. The van der Waals surface area contributed by atoms with Crippen LogP contribution in [0.1, 0.15) is 47.1 Å². The first kappa shape index (κ1) is 23.3. The third kappa shape index (κ3) is 6.26. The molecule has 2 aromatic rings. The Morgan fingerprint density at radius 2 is 1.97 bits per heavy atom. The van der Waals surface area contributed by atoms with Crippen LogP contribution in [0.4, 0.5) is 0 Å². The number of hydrogen-bond donors (Lipinski definition) is 1. The third-order valence-electron chi connectivity index (χ3n) is 5.37. The van der Waals surface area contributed by atoms with Crippen molar-refractivity contribution in [2.75, 3.05) is 39.9 Å². The molecular weight excluding hydrogens is 390 g/mol. The van der Waals surface area contributed by atoms with Crippen LogP contribution in [-0.4, -0.2) is 65.7 Å². The average molecular weight is 422 g/mol. The predicted octanol–water partition coefficient (Wildman–Crippen LogP) is 2.65. The zero-order valence-electron chi connectivity index (χ0n) is 17.3. The van der Waals surface area contributed by atoms with E-state index in [1.807, 2.05) is 34.7 Å². The Bertz CT molecular complexity index is 747. The fraction of sp³-hybridized carbons (Fsp3) is 0.571. The maximum Gasteiger partial charge on any atom is 0.276 e. The van der Waals surface area contributed by atoms with Gasteiger partial charge in [-0.3, -0.25) is 4.79 Å². The van der Waals surface area contributed by atoms with Gasteiger partial charge in [-0.1, -0.05) is 35.5 Å². The summed E-state index contributed by atoms with van der Waals surface area (Å²) in [4.78, 5) is 15.0. The van der Waals surface area contributed by atoms with E-state index in [0.717, 1.165) is 44.5 Å². The summed E-state index contributed by atoms with van der Waals surface area (Å²) in [6.07, 6.45) is 3.88. The van der Waals surface area contributed by atoms with Crippen molar-refractivity contribution in [2.24, 2.45) is 0 Å². The van der Waals surface area contributed by atoms with Gasteiger partial charge in [-0.15, -0.1) is 17.5 Å². The number of carbonyl (C=O) groups excluding carboxylic acids is 1. The topological polar surface area (TPSA) is 72.3 Å². The summed E-state index contributed by atoms with van der Waals surface area (Å²) in [5.41, 5.74) is 2.62. The van der Waals surface area contributed by atoms with E-state index < -0.39 is 0 Å². The van der Waals surface area contributed by atoms with Crippen LogP contribution >= 0.6 is 12.4 Å². The zero-order chi connectivity index (χ0) is 19.8. The number of piperidine rings is 1. The summed E-state index contributed by atoms with van der Waals surface area (Å²) < 4.78 is 7.15. The van der Waals surface area contributed by atoms with Crippen LogP contribution in [0.3, 0.4) is 0 Å². The van der Waals surface area contributed by atoms with Crippen molar-refractivity contribution >= 4 is 18.3 Å². The lowest BCUT2D eigenvalue weighted by molar-refractivity contribution is 0.0686. The van der Waals surface area contributed by atoms with E-state index in [0.29, 0.717) is 31.4 Å². The lowest BCUT2D eigenvalue weighted by Crippen LogP contribution is -2.36. The first-order valence-corrected chi connectivity index (χ1v) is 10.2. The maximum atomic E-state index is 13.2. The Balaban J connectivity index is 0.00000300. The van der Waals surface area contributed by atoms with E-state index in [1.165, 1.54) is 5.56 Å². The van der Waals surface area contributed by atoms with Gasteiger partial charge in [-0.25, -0.2) is 4.68 Å².